The highest BCUT2D eigenvalue weighted by molar-refractivity contribution is 4.67. The van der Waals surface area contributed by atoms with Crippen molar-refractivity contribution in [2.24, 2.45) is 0 Å². The fraction of sp³-hybridized carbons (Fsp3) is 1.00. The highest BCUT2D eigenvalue weighted by Gasteiger charge is 2.21. The van der Waals surface area contributed by atoms with E-state index < -0.39 is 0 Å². The molecule has 0 aliphatic carbocycles. The summed E-state index contributed by atoms with van der Waals surface area (Å²) in [6, 6.07) is 0. The second kappa shape index (κ2) is 5.56. The van der Waals surface area contributed by atoms with Gasteiger partial charge in [0.25, 0.3) is 0 Å². The molecule has 0 amide bonds. The Balaban J connectivity index is 1.66. The monoisotopic (exact) mass is 158 g/mol. The topological polar surface area (TPSA) is 21.8 Å². The van der Waals surface area contributed by atoms with Crippen molar-refractivity contribution < 1.29 is 9.47 Å². The van der Waals surface area contributed by atoms with E-state index in [0.29, 0.717) is 6.10 Å². The second-order valence-electron chi connectivity index (χ2n) is 3.06. The van der Waals surface area contributed by atoms with E-state index in [0.717, 1.165) is 26.2 Å². The Morgan fingerprint density at radius 1 is 1.36 bits per heavy atom. The van der Waals surface area contributed by atoms with Crippen LogP contribution in [0.2, 0.25) is 0 Å². The molecule has 2 heteroatoms. The van der Waals surface area contributed by atoms with Gasteiger partial charge >= 0.3 is 0 Å². The molecule has 1 aliphatic heterocycles. The molecule has 1 saturated heterocycles. The molecule has 2 nitrogen and oxygen atoms in total. The zero-order valence-corrected chi connectivity index (χ0v) is 7.34. The van der Waals surface area contributed by atoms with Crippen LogP contribution < -0.4 is 0 Å². The lowest BCUT2D eigenvalue weighted by molar-refractivity contribution is 0.122. The van der Waals surface area contributed by atoms with Crippen LogP contribution in [0.1, 0.15) is 32.6 Å². The Hall–Kier alpha value is -0.0800. The minimum atomic E-state index is 0.529. The van der Waals surface area contributed by atoms with Gasteiger partial charge in [-0.1, -0.05) is 19.8 Å². The standard InChI is InChI=1S/C9H18O2/c1-2-3-4-6-10-7-5-9-8-11-9/h9H,2-8H2,1H3. The smallest absolute Gasteiger partial charge is 0.0831 e. The van der Waals surface area contributed by atoms with E-state index in [1.54, 1.807) is 0 Å². The van der Waals surface area contributed by atoms with E-state index in [4.69, 9.17) is 9.47 Å². The Morgan fingerprint density at radius 3 is 2.82 bits per heavy atom. The quantitative estimate of drug-likeness (QED) is 0.417. The molecule has 11 heavy (non-hydrogen) atoms. The minimum absolute atomic E-state index is 0.529. The predicted octanol–water partition coefficient (Wildman–Crippen LogP) is 1.98. The van der Waals surface area contributed by atoms with Crippen LogP contribution in [0.5, 0.6) is 0 Å². The molecule has 0 aromatic carbocycles. The van der Waals surface area contributed by atoms with Gasteiger partial charge in [0.1, 0.15) is 0 Å². The Labute approximate surface area is 68.9 Å². The molecule has 1 aliphatic rings. The third-order valence-corrected chi connectivity index (χ3v) is 1.88. The van der Waals surface area contributed by atoms with Gasteiger partial charge in [0.2, 0.25) is 0 Å². The van der Waals surface area contributed by atoms with Gasteiger partial charge in [0.15, 0.2) is 0 Å². The van der Waals surface area contributed by atoms with Crippen LogP contribution in [0.15, 0.2) is 0 Å². The summed E-state index contributed by atoms with van der Waals surface area (Å²) in [5, 5.41) is 0. The maximum atomic E-state index is 5.41. The fourth-order valence-electron chi connectivity index (χ4n) is 1.01. The maximum Gasteiger partial charge on any atom is 0.0831 e. The van der Waals surface area contributed by atoms with Crippen molar-refractivity contribution in [3.05, 3.63) is 0 Å². The van der Waals surface area contributed by atoms with Crippen molar-refractivity contribution in [2.45, 2.75) is 38.7 Å². The van der Waals surface area contributed by atoms with Gasteiger partial charge in [-0.25, -0.2) is 0 Å². The van der Waals surface area contributed by atoms with Crippen molar-refractivity contribution in [1.29, 1.82) is 0 Å². The molecule has 0 aromatic heterocycles. The maximum absolute atomic E-state index is 5.41. The number of ether oxygens (including phenoxy) is 2. The lowest BCUT2D eigenvalue weighted by Gasteiger charge is -2.00. The van der Waals surface area contributed by atoms with Crippen molar-refractivity contribution >= 4 is 0 Å². The van der Waals surface area contributed by atoms with Gasteiger partial charge in [-0.15, -0.1) is 0 Å². The SMILES string of the molecule is CCCCCOCCC1CO1. The van der Waals surface area contributed by atoms with Crippen LogP contribution in [0.3, 0.4) is 0 Å². The molecule has 1 fully saturated rings. The lowest BCUT2D eigenvalue weighted by atomic mass is 10.3. The van der Waals surface area contributed by atoms with Crippen LogP contribution in [-0.4, -0.2) is 25.9 Å². The summed E-state index contributed by atoms with van der Waals surface area (Å²) in [6.45, 7) is 4.98. The zero-order valence-electron chi connectivity index (χ0n) is 7.34. The summed E-state index contributed by atoms with van der Waals surface area (Å²) in [7, 11) is 0. The van der Waals surface area contributed by atoms with Crippen molar-refractivity contribution in [2.75, 3.05) is 19.8 Å². The normalized spacial score (nSPS) is 22.1. The third-order valence-electron chi connectivity index (χ3n) is 1.88. The van der Waals surface area contributed by atoms with E-state index in [2.05, 4.69) is 6.92 Å². The first kappa shape index (κ1) is 9.01. The molecule has 0 aromatic rings. The van der Waals surface area contributed by atoms with Gasteiger partial charge in [-0.2, -0.15) is 0 Å². The van der Waals surface area contributed by atoms with Gasteiger partial charge in [0, 0.05) is 13.2 Å². The summed E-state index contributed by atoms with van der Waals surface area (Å²) in [6.07, 6.45) is 5.39. The summed E-state index contributed by atoms with van der Waals surface area (Å²) in [4.78, 5) is 0. The highest BCUT2D eigenvalue weighted by atomic mass is 16.6. The first-order valence-corrected chi connectivity index (χ1v) is 4.63. The molecule has 0 bridgehead atoms. The Kier molecular flexibility index (Phi) is 4.55. The average molecular weight is 158 g/mol. The van der Waals surface area contributed by atoms with Crippen molar-refractivity contribution in [1.82, 2.24) is 0 Å². The lowest BCUT2D eigenvalue weighted by Crippen LogP contribution is -1.99. The van der Waals surface area contributed by atoms with Crippen molar-refractivity contribution in [3.63, 3.8) is 0 Å². The largest absolute Gasteiger partial charge is 0.381 e. The molecule has 0 spiro atoms. The minimum Gasteiger partial charge on any atom is -0.381 e. The summed E-state index contributed by atoms with van der Waals surface area (Å²) < 4.78 is 10.5. The summed E-state index contributed by atoms with van der Waals surface area (Å²) >= 11 is 0. The number of rotatable bonds is 7. The first-order chi connectivity index (χ1) is 5.43. The molecule has 0 saturated carbocycles. The molecular formula is C9H18O2. The highest BCUT2D eigenvalue weighted by Crippen LogP contribution is 2.12. The molecule has 0 radical (unpaired) electrons. The summed E-state index contributed by atoms with van der Waals surface area (Å²) in [5.41, 5.74) is 0. The first-order valence-electron chi connectivity index (χ1n) is 4.63. The zero-order chi connectivity index (χ0) is 7.94. The molecule has 0 N–H and O–H groups in total. The van der Waals surface area contributed by atoms with Crippen LogP contribution in [0, 0.1) is 0 Å². The predicted molar refractivity (Wildman–Crippen MR) is 44.7 cm³/mol. The number of hydrogen-bond acceptors (Lipinski definition) is 2. The Morgan fingerprint density at radius 2 is 2.18 bits per heavy atom. The average Bonchev–Trinajstić information content (AvgIpc) is 2.80. The van der Waals surface area contributed by atoms with Crippen LogP contribution in [0.4, 0.5) is 0 Å². The number of hydrogen-bond donors (Lipinski definition) is 0. The molecule has 1 unspecified atom stereocenters. The van der Waals surface area contributed by atoms with E-state index in [1.807, 2.05) is 0 Å². The van der Waals surface area contributed by atoms with Gasteiger partial charge < -0.3 is 9.47 Å². The van der Waals surface area contributed by atoms with Crippen LogP contribution in [-0.2, 0) is 9.47 Å². The fourth-order valence-corrected chi connectivity index (χ4v) is 1.01. The number of unbranched alkanes of at least 4 members (excludes halogenated alkanes) is 2. The van der Waals surface area contributed by atoms with E-state index in [9.17, 15) is 0 Å². The van der Waals surface area contributed by atoms with E-state index >= 15 is 0 Å². The van der Waals surface area contributed by atoms with Crippen LogP contribution >= 0.6 is 0 Å². The van der Waals surface area contributed by atoms with E-state index in [-0.39, 0.29) is 0 Å². The second-order valence-corrected chi connectivity index (χ2v) is 3.06. The molecular weight excluding hydrogens is 140 g/mol. The molecule has 1 atom stereocenters. The molecule has 1 rings (SSSR count). The van der Waals surface area contributed by atoms with E-state index in [1.165, 1.54) is 19.3 Å². The number of epoxide rings is 1. The van der Waals surface area contributed by atoms with Crippen molar-refractivity contribution in [3.8, 4) is 0 Å². The third kappa shape index (κ3) is 5.22. The van der Waals surface area contributed by atoms with Gasteiger partial charge in [-0.3, -0.25) is 0 Å². The van der Waals surface area contributed by atoms with Crippen LogP contribution in [0.25, 0.3) is 0 Å². The van der Waals surface area contributed by atoms with Gasteiger partial charge in [-0.05, 0) is 12.8 Å². The molecule has 1 heterocycles. The summed E-state index contributed by atoms with van der Waals surface area (Å²) in [5.74, 6) is 0. The molecule has 66 valence electrons. The van der Waals surface area contributed by atoms with Gasteiger partial charge in [0.05, 0.1) is 12.7 Å². The Bertz CT molecular complexity index is 89.6.